The summed E-state index contributed by atoms with van der Waals surface area (Å²) in [6.45, 7) is 11.9. The van der Waals surface area contributed by atoms with Crippen molar-refractivity contribution in [2.75, 3.05) is 37.3 Å². The van der Waals surface area contributed by atoms with Crippen LogP contribution in [0, 0.1) is 13.8 Å². The maximum absolute atomic E-state index is 13.5. The molecule has 4 nitrogen and oxygen atoms in total. The van der Waals surface area contributed by atoms with E-state index in [1.807, 2.05) is 35.4 Å². The molecule has 3 rings (SSSR count). The maximum Gasteiger partial charge on any atom is 0.260 e. The van der Waals surface area contributed by atoms with Crippen LogP contribution < -0.4 is 4.90 Å². The summed E-state index contributed by atoms with van der Waals surface area (Å²) in [5.74, 6) is 0.0161. The number of thioether (sulfide) groups is 1. The highest BCUT2D eigenvalue weighted by atomic mass is 32.2. The Labute approximate surface area is 181 Å². The lowest BCUT2D eigenvalue weighted by molar-refractivity contribution is 0.0983. The molecule has 3 aromatic rings. The summed E-state index contributed by atoms with van der Waals surface area (Å²) in [5.41, 5.74) is 4.07. The van der Waals surface area contributed by atoms with E-state index in [2.05, 4.69) is 44.7 Å². The van der Waals surface area contributed by atoms with Crippen molar-refractivity contribution in [1.29, 1.82) is 0 Å². The zero-order valence-electron chi connectivity index (χ0n) is 17.9. The number of carbonyl (C=O) groups excluding carboxylic acids is 1. The summed E-state index contributed by atoms with van der Waals surface area (Å²) < 4.78 is 1.17. The predicted molar refractivity (Wildman–Crippen MR) is 127 cm³/mol. The highest BCUT2D eigenvalue weighted by molar-refractivity contribution is 7.98. The van der Waals surface area contributed by atoms with Crippen molar-refractivity contribution in [3.8, 4) is 0 Å². The van der Waals surface area contributed by atoms with Crippen LogP contribution in [-0.2, 0) is 0 Å². The number of hydrogen-bond acceptors (Lipinski definition) is 5. The van der Waals surface area contributed by atoms with E-state index in [9.17, 15) is 4.79 Å². The first-order valence-electron chi connectivity index (χ1n) is 10.0. The molecule has 1 aromatic heterocycles. The molecule has 0 saturated heterocycles. The molecule has 0 N–H and O–H groups in total. The lowest BCUT2D eigenvalue weighted by atomic mass is 10.1. The minimum Gasteiger partial charge on any atom is -0.302 e. The van der Waals surface area contributed by atoms with E-state index in [4.69, 9.17) is 4.98 Å². The van der Waals surface area contributed by atoms with E-state index in [0.29, 0.717) is 12.1 Å². The Morgan fingerprint density at radius 3 is 2.45 bits per heavy atom. The fourth-order valence-corrected chi connectivity index (χ4v) is 4.94. The Kier molecular flexibility index (Phi) is 7.33. The molecular formula is C23H29N3OS2. The minimum atomic E-state index is 0.0161. The van der Waals surface area contributed by atoms with Gasteiger partial charge in [-0.2, -0.15) is 0 Å². The molecule has 0 atom stereocenters. The molecule has 154 valence electrons. The molecule has 0 bridgehead atoms. The number of rotatable bonds is 8. The first-order chi connectivity index (χ1) is 14.0. The number of anilines is 1. The Bertz CT molecular complexity index is 956. The molecule has 6 heteroatoms. The summed E-state index contributed by atoms with van der Waals surface area (Å²) >= 11 is 3.27. The lowest BCUT2D eigenvalue weighted by Gasteiger charge is -2.25. The second-order valence-corrected chi connectivity index (χ2v) is 8.95. The number of likely N-dealkylation sites (N-methyl/N-ethyl adjacent to an activating group) is 1. The number of carbonyl (C=O) groups is 1. The number of fused-ring (bicyclic) bond motifs is 1. The number of benzene rings is 2. The lowest BCUT2D eigenvalue weighted by Crippen LogP contribution is -2.38. The number of amides is 1. The molecule has 0 radical (unpaired) electrons. The summed E-state index contributed by atoms with van der Waals surface area (Å²) in [6.07, 6.45) is 2.03. The van der Waals surface area contributed by atoms with Crippen molar-refractivity contribution in [1.82, 2.24) is 9.88 Å². The number of aromatic nitrogens is 1. The molecule has 0 spiro atoms. The molecule has 0 fully saturated rings. The van der Waals surface area contributed by atoms with Crippen LogP contribution in [0.5, 0.6) is 0 Å². The molecule has 1 heterocycles. The maximum atomic E-state index is 13.5. The topological polar surface area (TPSA) is 36.4 Å². The van der Waals surface area contributed by atoms with E-state index >= 15 is 0 Å². The van der Waals surface area contributed by atoms with Gasteiger partial charge in [0.05, 0.1) is 10.2 Å². The number of nitrogens with zero attached hydrogens (tertiary/aromatic N) is 3. The monoisotopic (exact) mass is 427 g/mol. The summed E-state index contributed by atoms with van der Waals surface area (Å²) in [4.78, 5) is 23.7. The van der Waals surface area contributed by atoms with Gasteiger partial charge >= 0.3 is 0 Å². The zero-order chi connectivity index (χ0) is 21.0. The fraction of sp³-hybridized carbons (Fsp3) is 0.391. The van der Waals surface area contributed by atoms with E-state index < -0.39 is 0 Å². The molecule has 2 aromatic carbocycles. The van der Waals surface area contributed by atoms with Crippen LogP contribution in [0.1, 0.15) is 35.3 Å². The standard InChI is InChI=1S/C23H29N3OS2/c1-6-25(7-2)13-14-26(22(27)18-9-8-10-19(15-18)28-5)23-24-20-16(3)11-12-17(4)21(20)29-23/h8-12,15H,6-7,13-14H2,1-5H3. The summed E-state index contributed by atoms with van der Waals surface area (Å²) in [5, 5.41) is 0.782. The quantitative estimate of drug-likeness (QED) is 0.437. The van der Waals surface area contributed by atoms with E-state index in [1.54, 1.807) is 23.1 Å². The number of aryl methyl sites for hydroxylation is 2. The van der Waals surface area contributed by atoms with Crippen LogP contribution in [0.15, 0.2) is 41.3 Å². The van der Waals surface area contributed by atoms with Crippen LogP contribution in [0.3, 0.4) is 0 Å². The largest absolute Gasteiger partial charge is 0.302 e. The van der Waals surface area contributed by atoms with Crippen LogP contribution in [0.25, 0.3) is 10.2 Å². The summed E-state index contributed by atoms with van der Waals surface area (Å²) in [6, 6.07) is 12.1. The molecule has 0 saturated carbocycles. The molecule has 0 aliphatic carbocycles. The van der Waals surface area contributed by atoms with Crippen molar-refractivity contribution in [3.63, 3.8) is 0 Å². The van der Waals surface area contributed by atoms with Gasteiger partial charge in [0.1, 0.15) is 0 Å². The van der Waals surface area contributed by atoms with Gasteiger partial charge in [-0.15, -0.1) is 11.8 Å². The first-order valence-corrected chi connectivity index (χ1v) is 12.1. The van der Waals surface area contributed by atoms with Crippen molar-refractivity contribution in [2.45, 2.75) is 32.6 Å². The molecule has 0 aliphatic heterocycles. The molecule has 0 aliphatic rings. The average molecular weight is 428 g/mol. The fourth-order valence-electron chi connectivity index (χ4n) is 3.34. The van der Waals surface area contributed by atoms with Gasteiger partial charge in [0.2, 0.25) is 0 Å². The third-order valence-corrected chi connectivity index (χ3v) is 7.20. The third-order valence-electron chi connectivity index (χ3n) is 5.26. The van der Waals surface area contributed by atoms with Crippen molar-refractivity contribution >= 4 is 44.4 Å². The first kappa shape index (κ1) is 21.8. The van der Waals surface area contributed by atoms with Crippen molar-refractivity contribution < 1.29 is 4.79 Å². The second-order valence-electron chi connectivity index (χ2n) is 7.09. The van der Waals surface area contributed by atoms with Crippen molar-refractivity contribution in [3.05, 3.63) is 53.1 Å². The molecule has 0 unspecified atom stereocenters. The Balaban J connectivity index is 2.01. The number of thiazole rings is 1. The van der Waals surface area contributed by atoms with Gasteiger partial charge in [0, 0.05) is 23.5 Å². The van der Waals surface area contributed by atoms with Crippen molar-refractivity contribution in [2.24, 2.45) is 0 Å². The van der Waals surface area contributed by atoms with Gasteiger partial charge in [0.25, 0.3) is 5.91 Å². The van der Waals surface area contributed by atoms with Crippen LogP contribution in [0.2, 0.25) is 0 Å². The van der Waals surface area contributed by atoms with E-state index in [1.165, 1.54) is 10.3 Å². The van der Waals surface area contributed by atoms with Gasteiger partial charge in [-0.3, -0.25) is 9.69 Å². The van der Waals surface area contributed by atoms with Crippen LogP contribution in [0.4, 0.5) is 5.13 Å². The molecule has 29 heavy (non-hydrogen) atoms. The van der Waals surface area contributed by atoms with E-state index in [-0.39, 0.29) is 5.91 Å². The van der Waals surface area contributed by atoms with Gasteiger partial charge in [-0.05, 0) is 62.5 Å². The third kappa shape index (κ3) is 4.82. The van der Waals surface area contributed by atoms with E-state index in [0.717, 1.165) is 40.7 Å². The highest BCUT2D eigenvalue weighted by Crippen LogP contribution is 2.34. The smallest absolute Gasteiger partial charge is 0.260 e. The van der Waals surface area contributed by atoms with Gasteiger partial charge in [-0.25, -0.2) is 4.98 Å². The van der Waals surface area contributed by atoms with Crippen LogP contribution >= 0.6 is 23.1 Å². The highest BCUT2D eigenvalue weighted by Gasteiger charge is 2.23. The Morgan fingerprint density at radius 1 is 1.07 bits per heavy atom. The van der Waals surface area contributed by atoms with Gasteiger partial charge in [-0.1, -0.05) is 43.4 Å². The second kappa shape index (κ2) is 9.74. The normalized spacial score (nSPS) is 11.4. The van der Waals surface area contributed by atoms with Gasteiger partial charge in [0.15, 0.2) is 5.13 Å². The minimum absolute atomic E-state index is 0.0161. The summed E-state index contributed by atoms with van der Waals surface area (Å²) in [7, 11) is 0. The Morgan fingerprint density at radius 2 is 1.79 bits per heavy atom. The van der Waals surface area contributed by atoms with Gasteiger partial charge < -0.3 is 4.90 Å². The Hall–Kier alpha value is -1.89. The average Bonchev–Trinajstić information content (AvgIpc) is 3.20. The van der Waals surface area contributed by atoms with Crippen LogP contribution in [-0.4, -0.2) is 48.2 Å². The zero-order valence-corrected chi connectivity index (χ0v) is 19.5. The molecular weight excluding hydrogens is 398 g/mol. The number of hydrogen-bond donors (Lipinski definition) is 0. The SMILES string of the molecule is CCN(CC)CCN(C(=O)c1cccc(SC)c1)c1nc2c(C)ccc(C)c2s1. The molecule has 1 amide bonds. The predicted octanol–water partition coefficient (Wildman–Crippen LogP) is 5.62.